The minimum absolute atomic E-state index is 0.0418. The van der Waals surface area contributed by atoms with Crippen molar-refractivity contribution in [3.05, 3.63) is 58.1 Å². The molecule has 3 aliphatic rings. The Hall–Kier alpha value is -2.52. The molecule has 5 rings (SSSR count). The first-order chi connectivity index (χ1) is 16.2. The Morgan fingerprint density at radius 3 is 2.53 bits per heavy atom. The van der Waals surface area contributed by atoms with Gasteiger partial charge in [0.05, 0.1) is 5.02 Å². The third-order valence-electron chi connectivity index (χ3n) is 7.27. The van der Waals surface area contributed by atoms with E-state index in [1.54, 1.807) is 18.7 Å². The molecule has 0 saturated carbocycles. The normalized spacial score (nSPS) is 24.4. The summed E-state index contributed by atoms with van der Waals surface area (Å²) in [7, 11) is 2.22. The number of benzene rings is 2. The van der Waals surface area contributed by atoms with Crippen molar-refractivity contribution in [1.82, 2.24) is 4.90 Å². The first kappa shape index (κ1) is 23.2. The van der Waals surface area contributed by atoms with Gasteiger partial charge in [-0.05, 0) is 95.0 Å². The molecule has 3 atom stereocenters. The molecule has 0 aromatic heterocycles. The van der Waals surface area contributed by atoms with Gasteiger partial charge in [-0.1, -0.05) is 23.4 Å². The zero-order chi connectivity index (χ0) is 24.0. The molecule has 2 bridgehead atoms. The van der Waals surface area contributed by atoms with Gasteiger partial charge in [-0.25, -0.2) is 0 Å². The van der Waals surface area contributed by atoms with Crippen molar-refractivity contribution in [1.29, 1.82) is 0 Å². The number of carbonyl (C=O) groups is 1. The molecule has 5 nitrogen and oxygen atoms in total. The zero-order valence-electron chi connectivity index (χ0n) is 20.0. The van der Waals surface area contributed by atoms with Gasteiger partial charge >= 0.3 is 0 Å². The number of nitrogens with zero attached hydrogens (tertiary/aromatic N) is 2. The summed E-state index contributed by atoms with van der Waals surface area (Å²) in [6.07, 6.45) is 5.49. The lowest BCUT2D eigenvalue weighted by molar-refractivity contribution is 0.0662. The summed E-state index contributed by atoms with van der Waals surface area (Å²) in [5, 5.41) is 10.4. The smallest absolute Gasteiger partial charge is 0.258 e. The summed E-state index contributed by atoms with van der Waals surface area (Å²) in [4.78, 5) is 17.5. The topological polar surface area (TPSA) is 53.0 Å². The Labute approximate surface area is 206 Å². The Bertz CT molecular complexity index is 1160. The Morgan fingerprint density at radius 1 is 1.12 bits per heavy atom. The summed E-state index contributed by atoms with van der Waals surface area (Å²) in [6.45, 7) is 3.88. The number of carbonyl (C=O) groups excluding carboxylic acids is 1. The van der Waals surface area contributed by atoms with Crippen LogP contribution in [-0.4, -0.2) is 53.3 Å². The van der Waals surface area contributed by atoms with E-state index in [1.807, 2.05) is 36.4 Å². The van der Waals surface area contributed by atoms with E-state index in [2.05, 4.69) is 23.8 Å². The fourth-order valence-corrected chi connectivity index (χ4v) is 5.65. The summed E-state index contributed by atoms with van der Waals surface area (Å²) in [6, 6.07) is 12.5. The van der Waals surface area contributed by atoms with Gasteiger partial charge in [-0.15, -0.1) is 0 Å². The summed E-state index contributed by atoms with van der Waals surface area (Å²) in [5.74, 6) is 6.47. The first-order valence-corrected chi connectivity index (χ1v) is 12.4. The van der Waals surface area contributed by atoms with E-state index in [9.17, 15) is 9.90 Å². The highest BCUT2D eigenvalue weighted by Gasteiger charge is 2.39. The van der Waals surface area contributed by atoms with Gasteiger partial charge in [0.25, 0.3) is 5.91 Å². The molecule has 2 fully saturated rings. The van der Waals surface area contributed by atoms with Crippen LogP contribution in [0.4, 0.5) is 5.69 Å². The molecule has 2 aromatic carbocycles. The minimum Gasteiger partial charge on any atom is -0.489 e. The van der Waals surface area contributed by atoms with Crippen molar-refractivity contribution in [3.63, 3.8) is 0 Å². The lowest BCUT2D eigenvalue weighted by Gasteiger charge is -2.36. The molecular formula is C28H31ClN2O3. The maximum atomic E-state index is 13.2. The highest BCUT2D eigenvalue weighted by Crippen LogP contribution is 2.38. The van der Waals surface area contributed by atoms with Gasteiger partial charge in [0.2, 0.25) is 0 Å². The van der Waals surface area contributed by atoms with Crippen LogP contribution in [-0.2, 0) is 6.42 Å². The van der Waals surface area contributed by atoms with E-state index in [4.69, 9.17) is 16.3 Å². The molecule has 2 saturated heterocycles. The first-order valence-electron chi connectivity index (χ1n) is 12.1. The quantitative estimate of drug-likeness (QED) is 0.651. The van der Waals surface area contributed by atoms with Crippen molar-refractivity contribution < 1.29 is 14.6 Å². The molecule has 3 aliphatic heterocycles. The number of rotatable bonds is 3. The van der Waals surface area contributed by atoms with Crippen molar-refractivity contribution in [2.45, 2.75) is 69.7 Å². The molecule has 2 aromatic rings. The third-order valence-corrected chi connectivity index (χ3v) is 7.57. The van der Waals surface area contributed by atoms with E-state index in [0.29, 0.717) is 35.0 Å². The Balaban J connectivity index is 1.30. The predicted molar refractivity (Wildman–Crippen MR) is 135 cm³/mol. The van der Waals surface area contributed by atoms with Gasteiger partial charge < -0.3 is 19.6 Å². The molecule has 34 heavy (non-hydrogen) atoms. The number of hydrogen-bond acceptors (Lipinski definition) is 4. The molecule has 0 spiro atoms. The van der Waals surface area contributed by atoms with Gasteiger partial charge in [0.1, 0.15) is 17.5 Å². The number of ether oxygens (including phenoxy) is 1. The fraction of sp³-hybridized carbons (Fsp3) is 0.464. The van der Waals surface area contributed by atoms with Crippen LogP contribution in [0, 0.1) is 11.8 Å². The van der Waals surface area contributed by atoms with Crippen molar-refractivity contribution in [2.75, 3.05) is 18.5 Å². The minimum atomic E-state index is -1.05. The van der Waals surface area contributed by atoms with Crippen molar-refractivity contribution in [2.24, 2.45) is 0 Å². The fourth-order valence-electron chi connectivity index (χ4n) is 5.43. The number of amides is 1. The van der Waals surface area contributed by atoms with Crippen LogP contribution in [0.5, 0.6) is 5.75 Å². The van der Waals surface area contributed by atoms with Crippen molar-refractivity contribution in [3.8, 4) is 17.6 Å². The number of anilines is 1. The Morgan fingerprint density at radius 2 is 1.85 bits per heavy atom. The molecule has 0 aliphatic carbocycles. The maximum Gasteiger partial charge on any atom is 0.258 e. The second-order valence-corrected chi connectivity index (χ2v) is 10.7. The summed E-state index contributed by atoms with van der Waals surface area (Å²) in [5.41, 5.74) is 2.19. The average molecular weight is 479 g/mol. The standard InChI is InChI=1S/C28H31ClN2O3/c1-28(2,33)12-10-18-4-8-24-19(14-18)11-13-31(27(24)32)22-7-9-26(25(29)17-22)34-23-15-20-5-6-21(16-23)30(20)3/h4,7-9,14,17,20-21,23,33H,5-6,11,13,15-16H2,1-3H3/t20-,21+,23?. The predicted octanol–water partition coefficient (Wildman–Crippen LogP) is 4.67. The lowest BCUT2D eigenvalue weighted by atomic mass is 9.96. The van der Waals surface area contributed by atoms with Gasteiger partial charge in [0, 0.05) is 35.4 Å². The zero-order valence-corrected chi connectivity index (χ0v) is 20.7. The average Bonchev–Trinajstić information content (AvgIpc) is 2.99. The number of aliphatic hydroxyl groups is 1. The molecule has 6 heteroatoms. The number of fused-ring (bicyclic) bond motifs is 3. The largest absolute Gasteiger partial charge is 0.489 e. The van der Waals surface area contributed by atoms with E-state index >= 15 is 0 Å². The second kappa shape index (κ2) is 8.92. The number of hydrogen-bond donors (Lipinski definition) is 1. The molecule has 0 radical (unpaired) electrons. The highest BCUT2D eigenvalue weighted by molar-refractivity contribution is 6.32. The van der Waals surface area contributed by atoms with Gasteiger partial charge in [-0.2, -0.15) is 0 Å². The molecule has 1 amide bonds. The molecule has 1 unspecified atom stereocenters. The van der Waals surface area contributed by atoms with Crippen LogP contribution in [0.3, 0.4) is 0 Å². The molecular weight excluding hydrogens is 448 g/mol. The maximum absolute atomic E-state index is 13.2. The van der Waals surface area contributed by atoms with E-state index in [1.165, 1.54) is 12.8 Å². The van der Waals surface area contributed by atoms with Gasteiger partial charge in [-0.3, -0.25) is 4.79 Å². The SMILES string of the molecule is CN1[C@@H]2CC[C@H]1CC(Oc1ccc(N3CCc4cc(C#CC(C)(C)O)ccc4C3=O)cc1Cl)C2. The number of piperidine rings is 1. The van der Waals surface area contributed by atoms with Crippen LogP contribution in [0.25, 0.3) is 0 Å². The summed E-state index contributed by atoms with van der Waals surface area (Å²) < 4.78 is 6.31. The van der Waals surface area contributed by atoms with Crippen LogP contribution in [0.2, 0.25) is 5.02 Å². The highest BCUT2D eigenvalue weighted by atomic mass is 35.5. The molecule has 178 valence electrons. The molecule has 3 heterocycles. The van der Waals surface area contributed by atoms with E-state index in [0.717, 1.165) is 36.1 Å². The monoisotopic (exact) mass is 478 g/mol. The van der Waals surface area contributed by atoms with Crippen molar-refractivity contribution >= 4 is 23.2 Å². The molecule has 1 N–H and O–H groups in total. The Kier molecular flexibility index (Phi) is 6.10. The lowest BCUT2D eigenvalue weighted by Crippen LogP contribution is -2.43. The second-order valence-electron chi connectivity index (χ2n) is 10.3. The van der Waals surface area contributed by atoms with Crippen LogP contribution in [0.15, 0.2) is 36.4 Å². The number of halogens is 1. The summed E-state index contributed by atoms with van der Waals surface area (Å²) >= 11 is 6.62. The van der Waals surface area contributed by atoms with E-state index in [-0.39, 0.29) is 12.0 Å². The van der Waals surface area contributed by atoms with Crippen LogP contribution in [0.1, 0.15) is 61.0 Å². The van der Waals surface area contributed by atoms with E-state index < -0.39 is 5.60 Å². The van der Waals surface area contributed by atoms with Crippen LogP contribution < -0.4 is 9.64 Å². The van der Waals surface area contributed by atoms with Crippen LogP contribution >= 0.6 is 11.6 Å². The van der Waals surface area contributed by atoms with Gasteiger partial charge in [0.15, 0.2) is 0 Å². The third kappa shape index (κ3) is 4.68.